The molecule has 2 fully saturated rings. The Labute approximate surface area is 644 Å². The van der Waals surface area contributed by atoms with Crippen molar-refractivity contribution in [2.75, 3.05) is 63.5 Å². The van der Waals surface area contributed by atoms with Crippen LogP contribution in [0.2, 0.25) is 0 Å². The van der Waals surface area contributed by atoms with Crippen LogP contribution in [0.3, 0.4) is 0 Å². The number of piperidine rings is 1. The minimum absolute atomic E-state index is 0.00531. The molecule has 0 spiro atoms. The summed E-state index contributed by atoms with van der Waals surface area (Å²) in [4.78, 5) is 127. The van der Waals surface area contributed by atoms with Gasteiger partial charge >= 0.3 is 23.9 Å². The lowest BCUT2D eigenvalue weighted by atomic mass is 10.0. The van der Waals surface area contributed by atoms with Crippen LogP contribution in [-0.4, -0.2) is 127 Å². The molecule has 6 aromatic carbocycles. The molecular formula is C83H87F4N13O12. The topological polar surface area (TPSA) is 345 Å². The second-order valence-electron chi connectivity index (χ2n) is 26.4. The Bertz CT molecular complexity index is 4790. The molecule has 2 aliphatic heterocycles. The van der Waals surface area contributed by atoms with Crippen LogP contribution in [0.4, 0.5) is 79.4 Å². The molecule has 112 heavy (non-hydrogen) atoms. The Morgan fingerprint density at radius 3 is 1.36 bits per heavy atom. The van der Waals surface area contributed by atoms with Crippen molar-refractivity contribution in [3.8, 4) is 0 Å². The number of carbonyl (C=O) groups is 9. The van der Waals surface area contributed by atoms with E-state index in [1.54, 1.807) is 68.4 Å². The summed E-state index contributed by atoms with van der Waals surface area (Å²) in [6, 6.07) is 39.1. The summed E-state index contributed by atoms with van der Waals surface area (Å²) in [6.45, 7) is 10.5. The Hall–Kier alpha value is -12.8. The zero-order valence-electron chi connectivity index (χ0n) is 62.1. The second kappa shape index (κ2) is 41.2. The molecule has 5 heterocycles. The number of rotatable bonds is 30. The number of benzene rings is 6. The van der Waals surface area contributed by atoms with Gasteiger partial charge in [-0.05, 0) is 168 Å². The summed E-state index contributed by atoms with van der Waals surface area (Å²) in [7, 11) is 0. The van der Waals surface area contributed by atoms with Crippen LogP contribution in [0, 0.1) is 23.3 Å². The van der Waals surface area contributed by atoms with Gasteiger partial charge in [-0.25, -0.2) is 32.1 Å². The number of halogens is 4. The molecule has 11 rings (SSSR count). The number of nitrogens with one attached hydrogen (secondary N) is 8. The zero-order valence-corrected chi connectivity index (χ0v) is 62.1. The largest absolute Gasteiger partial charge is 0.480 e. The lowest BCUT2D eigenvalue weighted by Gasteiger charge is -2.32. The van der Waals surface area contributed by atoms with E-state index in [0.29, 0.717) is 111 Å². The molecule has 2 saturated heterocycles. The number of hydrogen-bond acceptors (Lipinski definition) is 18. The maximum Gasteiger partial charge on any atom is 0.338 e. The molecule has 0 aliphatic carbocycles. The third-order valence-electron chi connectivity index (χ3n) is 17.7. The van der Waals surface area contributed by atoms with Crippen molar-refractivity contribution in [3.63, 3.8) is 0 Å². The quantitative estimate of drug-likeness (QED) is 0.0148. The minimum atomic E-state index is -0.823. The summed E-state index contributed by atoms with van der Waals surface area (Å²) in [5.41, 5.74) is 6.86. The van der Waals surface area contributed by atoms with Crippen LogP contribution >= 0.6 is 0 Å². The van der Waals surface area contributed by atoms with E-state index in [2.05, 4.69) is 57.5 Å². The van der Waals surface area contributed by atoms with Crippen LogP contribution in [0.5, 0.6) is 0 Å². The van der Waals surface area contributed by atoms with Crippen LogP contribution in [-0.2, 0) is 49.8 Å². The number of carboxylic acids is 2. The molecule has 2 atom stereocenters. The Kier molecular flexibility index (Phi) is 30.6. The monoisotopic (exact) mass is 1530 g/mol. The number of nitrogens with zero attached hydrogens (tertiary/aromatic N) is 5. The van der Waals surface area contributed by atoms with Gasteiger partial charge in [-0.1, -0.05) is 68.8 Å². The molecule has 0 saturated carbocycles. The van der Waals surface area contributed by atoms with Crippen molar-refractivity contribution in [2.45, 2.75) is 123 Å². The lowest BCUT2D eigenvalue weighted by Crippen LogP contribution is -2.43. The van der Waals surface area contributed by atoms with Gasteiger partial charge in [0.15, 0.2) is 0 Å². The predicted octanol–water partition coefficient (Wildman–Crippen LogP) is 15.4. The van der Waals surface area contributed by atoms with Crippen molar-refractivity contribution in [1.82, 2.24) is 30.1 Å². The van der Waals surface area contributed by atoms with Crippen LogP contribution in [0.1, 0.15) is 149 Å². The first kappa shape index (κ1) is 83.3. The molecule has 584 valence electrons. The van der Waals surface area contributed by atoms with Crippen molar-refractivity contribution in [1.29, 1.82) is 0 Å². The third-order valence-corrected chi connectivity index (χ3v) is 17.7. The molecule has 2 unspecified atom stereocenters. The van der Waals surface area contributed by atoms with Gasteiger partial charge in [-0.15, -0.1) is 0 Å². The van der Waals surface area contributed by atoms with Gasteiger partial charge in [0.2, 0.25) is 0 Å². The van der Waals surface area contributed by atoms with Gasteiger partial charge in [0.05, 0.1) is 45.9 Å². The molecule has 2 aliphatic rings. The fraction of sp³-hybridized carbons (Fsp3) is 0.277. The van der Waals surface area contributed by atoms with E-state index in [1.807, 2.05) is 78.2 Å². The molecule has 3 aromatic heterocycles. The first-order valence-corrected chi connectivity index (χ1v) is 36.6. The van der Waals surface area contributed by atoms with Crippen LogP contribution in [0.15, 0.2) is 176 Å². The van der Waals surface area contributed by atoms with Gasteiger partial charge in [0, 0.05) is 128 Å². The summed E-state index contributed by atoms with van der Waals surface area (Å²) < 4.78 is 60.2. The predicted molar refractivity (Wildman–Crippen MR) is 418 cm³/mol. The number of likely N-dealkylation sites (tertiary alicyclic amines) is 2. The highest BCUT2D eigenvalue weighted by molar-refractivity contribution is 6.10. The van der Waals surface area contributed by atoms with Gasteiger partial charge in [-0.2, -0.15) is 0 Å². The number of Topliss-reactive ketones (excluding diaryl/α,β-unsaturated/α-hetero) is 2. The number of urea groups is 1. The molecular weight excluding hydrogens is 1450 g/mol. The first-order valence-electron chi connectivity index (χ1n) is 36.6. The number of aromatic nitrogens is 3. The summed E-state index contributed by atoms with van der Waals surface area (Å²) >= 11 is 0. The number of pyridine rings is 3. The Morgan fingerprint density at radius 1 is 0.455 bits per heavy atom. The van der Waals surface area contributed by atoms with Crippen molar-refractivity contribution >= 4 is 110 Å². The number of carbonyl (C=O) groups excluding carboxylic acids is 7. The van der Waals surface area contributed by atoms with Gasteiger partial charge < -0.3 is 52.2 Å². The van der Waals surface area contributed by atoms with E-state index in [1.165, 1.54) is 30.7 Å². The minimum Gasteiger partial charge on any atom is -0.480 e. The van der Waals surface area contributed by atoms with Gasteiger partial charge in [-0.3, -0.25) is 58.6 Å². The molecule has 9 aromatic rings. The molecule has 0 bridgehead atoms. The normalized spacial score (nSPS) is 13.8. The number of esters is 1. The Morgan fingerprint density at radius 2 is 0.893 bits per heavy atom. The number of hydrogen-bond donors (Lipinski definition) is 10. The van der Waals surface area contributed by atoms with E-state index in [-0.39, 0.29) is 76.3 Å². The number of carboxylic acid groups (broad SMARTS) is 2. The van der Waals surface area contributed by atoms with E-state index in [4.69, 9.17) is 4.74 Å². The van der Waals surface area contributed by atoms with E-state index in [9.17, 15) is 70.9 Å². The molecule has 25 nitrogen and oxygen atoms in total. The van der Waals surface area contributed by atoms with E-state index >= 15 is 0 Å². The lowest BCUT2D eigenvalue weighted by molar-refractivity contribution is -0.145. The smallest absolute Gasteiger partial charge is 0.338 e. The molecule has 5 amide bonds. The number of para-hydroxylation sites is 1. The number of ketones is 2. The number of ether oxygens (including phenoxy) is 1. The fourth-order valence-electron chi connectivity index (χ4n) is 12.4. The van der Waals surface area contributed by atoms with Crippen LogP contribution < -0.4 is 42.5 Å². The third kappa shape index (κ3) is 25.1. The first-order chi connectivity index (χ1) is 53.9. The van der Waals surface area contributed by atoms with E-state index in [0.717, 1.165) is 72.5 Å². The summed E-state index contributed by atoms with van der Waals surface area (Å²) in [5.74, 6) is -6.41. The Balaban J connectivity index is 0.000000194. The van der Waals surface area contributed by atoms with Gasteiger partial charge in [0.1, 0.15) is 52.7 Å². The average molecular weight is 1530 g/mol. The summed E-state index contributed by atoms with van der Waals surface area (Å²) in [6.07, 6.45) is 10.3. The SMILES string of the molecule is CCCC(=O)Cc1cc(Nc2cc(F)cc(F)c2)c(C(=O)Nc2ccc(CN3CCCC3C(=O)O)cc2)cn1.CCCC(=O)Cc1cc(Nc2cc(F)cc(F)c2)c(C(=O)Nc2ccc(CN3CCCCC3C(=O)O)cc2)cn1.CCNC(=O)Nc1cc(Nc2ccccc2)c(C(=O)Nc2cccc(C(=O)OCC)c2)cn1. The standard InChI is InChI=1S/C30H32F2N4O4.C29H30F2N4O4.C24H25N5O4/c1-2-5-25(37)15-23-16-27(34-24-13-20(31)12-21(32)14-24)26(17-33-23)29(38)35-22-9-7-19(8-10-22)18-36-11-4-3-6-28(36)30(39)40;1-2-4-24(36)14-22-15-26(33-23-12-19(30)11-20(31)13-23)25(16-32-22)28(37)34-21-8-6-18(7-9-21)17-35-10-3-5-27(35)29(38)39;1-3-25-24(32)29-21-14-20(27-17-10-6-5-7-11-17)19(15-26-21)22(30)28-18-12-8-9-16(13-18)23(31)33-4-2/h7-10,12-14,16-17,28H,2-6,11,15,18H2,1H3,(H,33,34)(H,35,38)(H,39,40);6-9,11-13,15-16,27H,2-5,10,14,17H2,1H3,(H,32,33)(H,34,37)(H,38,39);5-15H,3-4H2,1-2H3,(H,28,30)(H3,25,26,27,29,32). The van der Waals surface area contributed by atoms with Gasteiger partial charge in [0.25, 0.3) is 17.7 Å². The molecule has 0 radical (unpaired) electrons. The van der Waals surface area contributed by atoms with Crippen molar-refractivity contribution in [3.05, 3.63) is 244 Å². The van der Waals surface area contributed by atoms with E-state index < -0.39 is 77.0 Å². The average Bonchev–Trinajstić information content (AvgIpc) is 0.839. The maximum absolute atomic E-state index is 13.8. The molecule has 29 heteroatoms. The summed E-state index contributed by atoms with van der Waals surface area (Å²) in [5, 5.41) is 41.5. The van der Waals surface area contributed by atoms with Crippen molar-refractivity contribution < 1.29 is 75.7 Å². The maximum atomic E-state index is 13.8. The highest BCUT2D eigenvalue weighted by Gasteiger charge is 2.31. The number of amides is 5. The molecule has 10 N–H and O–H groups in total. The van der Waals surface area contributed by atoms with Crippen LogP contribution in [0.25, 0.3) is 0 Å². The number of anilines is 10. The zero-order chi connectivity index (χ0) is 80.2. The highest BCUT2D eigenvalue weighted by atomic mass is 19.1. The number of aliphatic carboxylic acids is 2. The highest BCUT2D eigenvalue weighted by Crippen LogP contribution is 2.31. The fourth-order valence-corrected chi connectivity index (χ4v) is 12.4. The van der Waals surface area contributed by atoms with Crippen molar-refractivity contribution in [2.24, 2.45) is 0 Å². The second-order valence-corrected chi connectivity index (χ2v) is 26.4.